The van der Waals surface area contributed by atoms with Crippen LogP contribution in [0.5, 0.6) is 0 Å². The van der Waals surface area contributed by atoms with Gasteiger partial charge in [-0.2, -0.15) is 31.6 Å². The van der Waals surface area contributed by atoms with Crippen molar-refractivity contribution >= 4 is 34.7 Å². The summed E-state index contributed by atoms with van der Waals surface area (Å²) in [5, 5.41) is 14.0. The monoisotopic (exact) mass is 561 g/mol. The van der Waals surface area contributed by atoms with E-state index in [-0.39, 0.29) is 28.6 Å². The second-order valence-electron chi connectivity index (χ2n) is 8.69. The number of piperidine rings is 1. The summed E-state index contributed by atoms with van der Waals surface area (Å²) in [7, 11) is 0. The minimum Gasteiger partial charge on any atom is -0.360 e. The average Bonchev–Trinajstić information content (AvgIpc) is 3.16. The van der Waals surface area contributed by atoms with Gasteiger partial charge in [0.25, 0.3) is 11.5 Å². The van der Waals surface area contributed by atoms with E-state index in [0.29, 0.717) is 25.3 Å². The van der Waals surface area contributed by atoms with Gasteiger partial charge in [0.15, 0.2) is 5.57 Å². The van der Waals surface area contributed by atoms with Crippen molar-refractivity contribution in [1.29, 1.82) is 5.26 Å². The van der Waals surface area contributed by atoms with Gasteiger partial charge in [-0.25, -0.2) is 0 Å². The number of carbonyl (C=O) groups excluding carboxylic acids is 1. The molecule has 7 nitrogen and oxygen atoms in total. The molecule has 206 valence electrons. The number of nitrogens with zero attached hydrogens (tertiary/aromatic N) is 3. The van der Waals surface area contributed by atoms with E-state index in [1.54, 1.807) is 36.5 Å². The highest BCUT2D eigenvalue weighted by Crippen LogP contribution is 2.34. The molecule has 0 radical (unpaired) electrons. The fourth-order valence-corrected chi connectivity index (χ4v) is 5.13. The zero-order valence-electron chi connectivity index (χ0n) is 20.2. The highest BCUT2D eigenvalue weighted by Gasteiger charge is 2.41. The third-order valence-electron chi connectivity index (χ3n) is 5.98. The molecule has 0 atom stereocenters. The largest absolute Gasteiger partial charge is 0.405 e. The molecule has 2 heterocycles. The van der Waals surface area contributed by atoms with E-state index < -0.39 is 41.9 Å². The van der Waals surface area contributed by atoms with Gasteiger partial charge in [0.2, 0.25) is 0 Å². The topological polar surface area (TPSA) is 90.2 Å². The van der Waals surface area contributed by atoms with Gasteiger partial charge in [-0.05, 0) is 50.6 Å². The number of likely N-dealkylation sites (tertiary alicyclic amines) is 1. The number of hydrogen-bond acceptors (Lipinski definition) is 6. The first kappa shape index (κ1) is 29.2. The van der Waals surface area contributed by atoms with Crippen molar-refractivity contribution < 1.29 is 31.1 Å². The molecule has 1 saturated heterocycles. The number of benzene rings is 1. The van der Waals surface area contributed by atoms with Crippen LogP contribution in [-0.4, -0.2) is 47.4 Å². The van der Waals surface area contributed by atoms with Crippen molar-refractivity contribution in [3.63, 3.8) is 0 Å². The third-order valence-corrected chi connectivity index (χ3v) is 7.11. The van der Waals surface area contributed by atoms with Crippen molar-refractivity contribution in [2.24, 2.45) is 5.92 Å². The van der Waals surface area contributed by atoms with Crippen LogP contribution in [-0.2, 0) is 17.9 Å². The second kappa shape index (κ2) is 12.0. The Morgan fingerprint density at radius 3 is 2.47 bits per heavy atom. The van der Waals surface area contributed by atoms with Crippen LogP contribution in [0.4, 0.5) is 32.0 Å². The molecule has 1 amide bonds. The first-order chi connectivity index (χ1) is 17.8. The maximum absolute atomic E-state index is 12.9. The highest BCUT2D eigenvalue weighted by molar-refractivity contribution is 7.07. The van der Waals surface area contributed by atoms with E-state index in [0.717, 1.165) is 21.5 Å². The number of carbonyl (C=O) groups is 1. The molecule has 0 spiro atoms. The normalized spacial score (nSPS) is 16.7. The van der Waals surface area contributed by atoms with Crippen molar-refractivity contribution in [3.05, 3.63) is 49.4 Å². The summed E-state index contributed by atoms with van der Waals surface area (Å²) >= 11 is 0.790. The molecule has 0 saturated carbocycles. The van der Waals surface area contributed by atoms with Crippen molar-refractivity contribution in [3.8, 4) is 6.07 Å². The number of aromatic nitrogens is 1. The SMILES string of the molecule is CCn1c(=O)/c(=C\Nc2cccc(CN3CCC(C(F)(F)F)CC3)c2)s/c1=C(/C#N)C(=O)NCC(F)(F)F. The molecule has 1 aliphatic heterocycles. The Morgan fingerprint density at radius 1 is 1.21 bits per heavy atom. The minimum absolute atomic E-state index is 0.0512. The molecule has 38 heavy (non-hydrogen) atoms. The average molecular weight is 562 g/mol. The second-order valence-corrected chi connectivity index (χ2v) is 9.72. The lowest BCUT2D eigenvalue weighted by molar-refractivity contribution is -0.185. The van der Waals surface area contributed by atoms with Crippen LogP contribution in [0.15, 0.2) is 29.1 Å². The number of anilines is 1. The van der Waals surface area contributed by atoms with E-state index >= 15 is 0 Å². The van der Waals surface area contributed by atoms with Crippen molar-refractivity contribution in [1.82, 2.24) is 14.8 Å². The molecule has 1 aromatic heterocycles. The molecule has 14 heteroatoms. The number of alkyl halides is 6. The maximum atomic E-state index is 12.9. The Balaban J connectivity index is 1.79. The summed E-state index contributed by atoms with van der Waals surface area (Å²) in [6.07, 6.45) is -7.36. The van der Waals surface area contributed by atoms with Crippen LogP contribution in [0.2, 0.25) is 0 Å². The number of thiazole rings is 1. The fraction of sp³-hybridized carbons (Fsp3) is 0.458. The van der Waals surface area contributed by atoms with Gasteiger partial charge in [0.1, 0.15) is 21.8 Å². The maximum Gasteiger partial charge on any atom is 0.405 e. The summed E-state index contributed by atoms with van der Waals surface area (Å²) in [6.45, 7) is 1.18. The Morgan fingerprint density at radius 2 is 1.89 bits per heavy atom. The molecule has 0 unspecified atom stereocenters. The van der Waals surface area contributed by atoms with E-state index in [2.05, 4.69) is 5.32 Å². The number of halogens is 6. The standard InChI is InChI=1S/C24H25F6N5O2S/c1-2-35-21(37)19(38-22(35)18(11-31)20(36)33-14-23(25,26)27)12-32-17-5-3-4-15(10-17)13-34-8-6-16(7-9-34)24(28,29)30/h3-5,10,12,16,32H,2,6-9,13-14H2,1H3,(H,33,36)/b19-12+,22-18-. The summed E-state index contributed by atoms with van der Waals surface area (Å²) < 4.78 is 77.3. The summed E-state index contributed by atoms with van der Waals surface area (Å²) in [6, 6.07) is 8.69. The third kappa shape index (κ3) is 7.61. The van der Waals surface area contributed by atoms with Crippen LogP contribution in [0.1, 0.15) is 25.3 Å². The van der Waals surface area contributed by atoms with Gasteiger partial charge in [-0.15, -0.1) is 11.3 Å². The van der Waals surface area contributed by atoms with E-state index in [9.17, 15) is 41.2 Å². The van der Waals surface area contributed by atoms with Crippen LogP contribution in [0.3, 0.4) is 0 Å². The predicted molar refractivity (Wildman–Crippen MR) is 130 cm³/mol. The minimum atomic E-state index is -4.66. The quantitative estimate of drug-likeness (QED) is 0.508. The van der Waals surface area contributed by atoms with Gasteiger partial charge < -0.3 is 10.6 Å². The van der Waals surface area contributed by atoms with Crippen molar-refractivity contribution in [2.45, 2.75) is 45.2 Å². The number of rotatable bonds is 7. The zero-order chi connectivity index (χ0) is 28.1. The molecule has 0 aliphatic carbocycles. The van der Waals surface area contributed by atoms with Gasteiger partial charge in [-0.3, -0.25) is 19.1 Å². The van der Waals surface area contributed by atoms with E-state index in [1.807, 2.05) is 11.0 Å². The number of nitriles is 1. The molecular weight excluding hydrogens is 536 g/mol. The Hall–Kier alpha value is -3.31. The highest BCUT2D eigenvalue weighted by atomic mass is 32.1. The van der Waals surface area contributed by atoms with Gasteiger partial charge in [0, 0.05) is 25.0 Å². The van der Waals surface area contributed by atoms with Gasteiger partial charge in [0.05, 0.1) is 5.92 Å². The molecule has 2 N–H and O–H groups in total. The first-order valence-corrected chi connectivity index (χ1v) is 12.5. The van der Waals surface area contributed by atoms with Crippen LogP contribution in [0.25, 0.3) is 11.8 Å². The summed E-state index contributed by atoms with van der Waals surface area (Å²) in [4.78, 5) is 26.9. The molecule has 1 aromatic carbocycles. The number of nitrogens with one attached hydrogen (secondary N) is 2. The number of amides is 1. The zero-order valence-corrected chi connectivity index (χ0v) is 21.1. The summed E-state index contributed by atoms with van der Waals surface area (Å²) in [5.41, 5.74) is 0.319. The Kier molecular flexibility index (Phi) is 9.26. The number of hydrogen-bond donors (Lipinski definition) is 2. The lowest BCUT2D eigenvalue weighted by Crippen LogP contribution is -2.38. The molecule has 1 aliphatic rings. The first-order valence-electron chi connectivity index (χ1n) is 11.7. The lowest BCUT2D eigenvalue weighted by atomic mass is 9.96. The van der Waals surface area contributed by atoms with E-state index in [4.69, 9.17) is 0 Å². The Labute approximate surface area is 217 Å². The van der Waals surface area contributed by atoms with Crippen molar-refractivity contribution in [2.75, 3.05) is 25.0 Å². The lowest BCUT2D eigenvalue weighted by Gasteiger charge is -2.32. The Bertz CT molecular complexity index is 1360. The predicted octanol–water partition coefficient (Wildman–Crippen LogP) is 2.91. The molecule has 3 rings (SSSR count). The van der Waals surface area contributed by atoms with Gasteiger partial charge in [-0.1, -0.05) is 12.1 Å². The summed E-state index contributed by atoms with van der Waals surface area (Å²) in [5.74, 6) is -2.52. The van der Waals surface area contributed by atoms with E-state index in [1.165, 1.54) is 6.20 Å². The van der Waals surface area contributed by atoms with Crippen LogP contribution in [0, 0.1) is 17.2 Å². The molecule has 0 bridgehead atoms. The van der Waals surface area contributed by atoms with Crippen LogP contribution >= 0.6 is 11.3 Å². The molecular formula is C24H25F6N5O2S. The van der Waals surface area contributed by atoms with Crippen LogP contribution < -0.4 is 25.4 Å². The molecule has 2 aromatic rings. The smallest absolute Gasteiger partial charge is 0.360 e. The van der Waals surface area contributed by atoms with Gasteiger partial charge >= 0.3 is 12.4 Å². The molecule has 1 fully saturated rings. The fourth-order valence-electron chi connectivity index (χ4n) is 4.04.